The Morgan fingerprint density at radius 2 is 1.79 bits per heavy atom. The Kier molecular flexibility index (Phi) is 8.19. The summed E-state index contributed by atoms with van der Waals surface area (Å²) in [5.74, 6) is -0.445. The lowest BCUT2D eigenvalue weighted by atomic mass is 9.99. The standard InChI is InChI=1S/C30H34N6O5S/c1-4-16-34(30(39)31-2)35-20-28(37)36-26(17-21-12-14-24(15-13-21)32-42(3,40)41)29(38)33(19-27(35)36)18-23-10-7-9-22-8-5-6-11-25(22)23/h4-15,26-27,32H,1,16-20H2,2-3H3,(H,31,39)/t26-,27+/m0/s1. The number of fused-ring (bicyclic) bond motifs is 2. The summed E-state index contributed by atoms with van der Waals surface area (Å²) in [4.78, 5) is 43.8. The average molecular weight is 591 g/mol. The van der Waals surface area contributed by atoms with Gasteiger partial charge in [-0.1, -0.05) is 60.7 Å². The zero-order valence-electron chi connectivity index (χ0n) is 23.6. The van der Waals surface area contributed by atoms with Crippen molar-refractivity contribution in [2.45, 2.75) is 25.2 Å². The van der Waals surface area contributed by atoms with E-state index in [-0.39, 0.29) is 43.9 Å². The number of rotatable bonds is 9. The lowest BCUT2D eigenvalue weighted by molar-refractivity contribution is -0.157. The molecule has 2 aliphatic rings. The Morgan fingerprint density at radius 3 is 2.48 bits per heavy atom. The van der Waals surface area contributed by atoms with Gasteiger partial charge in [0.2, 0.25) is 21.8 Å². The van der Waals surface area contributed by atoms with E-state index in [1.807, 2.05) is 42.5 Å². The van der Waals surface area contributed by atoms with Crippen LogP contribution in [0.25, 0.3) is 10.8 Å². The normalized spacial score (nSPS) is 19.1. The molecule has 42 heavy (non-hydrogen) atoms. The van der Waals surface area contributed by atoms with E-state index in [4.69, 9.17) is 0 Å². The van der Waals surface area contributed by atoms with Crippen LogP contribution in [-0.4, -0.2) is 91.2 Å². The van der Waals surface area contributed by atoms with Gasteiger partial charge in [0, 0.05) is 25.7 Å². The van der Waals surface area contributed by atoms with Crippen LogP contribution in [0.1, 0.15) is 11.1 Å². The number of benzene rings is 3. The first kappa shape index (κ1) is 29.1. The Morgan fingerprint density at radius 1 is 1.07 bits per heavy atom. The molecule has 2 saturated heterocycles. The van der Waals surface area contributed by atoms with E-state index >= 15 is 0 Å². The fraction of sp³-hybridized carbons (Fsp3) is 0.300. The second-order valence-corrected chi connectivity index (χ2v) is 12.2. The number of sulfonamides is 1. The van der Waals surface area contributed by atoms with E-state index in [9.17, 15) is 22.8 Å². The summed E-state index contributed by atoms with van der Waals surface area (Å²) in [6.45, 7) is 4.45. The molecule has 4 amide bonds. The van der Waals surface area contributed by atoms with Crippen LogP contribution in [0.5, 0.6) is 0 Å². The number of hydrogen-bond acceptors (Lipinski definition) is 6. The van der Waals surface area contributed by atoms with Crippen LogP contribution < -0.4 is 10.0 Å². The van der Waals surface area contributed by atoms with Crippen LogP contribution in [0, 0.1) is 0 Å². The Hall–Kier alpha value is -4.42. The molecule has 0 saturated carbocycles. The molecule has 0 unspecified atom stereocenters. The summed E-state index contributed by atoms with van der Waals surface area (Å²) in [6.07, 6.45) is 2.32. The Balaban J connectivity index is 1.50. The summed E-state index contributed by atoms with van der Waals surface area (Å²) in [7, 11) is -1.92. The third-order valence-electron chi connectivity index (χ3n) is 7.55. The highest BCUT2D eigenvalue weighted by Crippen LogP contribution is 2.31. The summed E-state index contributed by atoms with van der Waals surface area (Å²) in [6, 6.07) is 19.5. The first-order chi connectivity index (χ1) is 20.1. The number of hydrogen-bond donors (Lipinski definition) is 2. The number of urea groups is 1. The number of amides is 4. The third kappa shape index (κ3) is 5.95. The number of carbonyl (C=O) groups is 3. The molecule has 3 aromatic carbocycles. The largest absolute Gasteiger partial charge is 0.340 e. The summed E-state index contributed by atoms with van der Waals surface area (Å²) in [5, 5.41) is 7.89. The quantitative estimate of drug-likeness (QED) is 0.369. The van der Waals surface area contributed by atoms with Gasteiger partial charge in [-0.05, 0) is 34.0 Å². The third-order valence-corrected chi connectivity index (χ3v) is 8.16. The molecule has 2 fully saturated rings. The molecule has 5 rings (SSSR count). The van der Waals surface area contributed by atoms with Gasteiger partial charge in [0.05, 0.1) is 25.9 Å². The van der Waals surface area contributed by atoms with E-state index in [1.54, 1.807) is 45.2 Å². The molecule has 220 valence electrons. The second-order valence-electron chi connectivity index (χ2n) is 10.5. The monoisotopic (exact) mass is 590 g/mol. The fourth-order valence-electron chi connectivity index (χ4n) is 5.73. The van der Waals surface area contributed by atoms with Crippen LogP contribution in [0.2, 0.25) is 0 Å². The average Bonchev–Trinajstić information content (AvgIpc) is 3.29. The van der Waals surface area contributed by atoms with Crippen molar-refractivity contribution < 1.29 is 22.8 Å². The minimum Gasteiger partial charge on any atom is -0.340 e. The lowest BCUT2D eigenvalue weighted by Gasteiger charge is -2.46. The maximum absolute atomic E-state index is 14.1. The zero-order valence-corrected chi connectivity index (χ0v) is 24.4. The highest BCUT2D eigenvalue weighted by atomic mass is 32.2. The molecule has 0 spiro atoms. The van der Waals surface area contributed by atoms with Crippen molar-refractivity contribution in [3.63, 3.8) is 0 Å². The van der Waals surface area contributed by atoms with Gasteiger partial charge in [0.1, 0.15) is 12.2 Å². The molecule has 0 aliphatic carbocycles. The Labute approximate surface area is 245 Å². The molecule has 2 N–H and O–H groups in total. The molecule has 0 aromatic heterocycles. The summed E-state index contributed by atoms with van der Waals surface area (Å²) in [5.41, 5.74) is 2.15. The van der Waals surface area contributed by atoms with Crippen LogP contribution in [0.3, 0.4) is 0 Å². The number of anilines is 1. The Bertz CT molecular complexity index is 1620. The number of hydrazine groups is 1. The molecule has 2 heterocycles. The molecule has 2 aliphatic heterocycles. The second kappa shape index (κ2) is 11.8. The van der Waals surface area contributed by atoms with Gasteiger partial charge >= 0.3 is 6.03 Å². The van der Waals surface area contributed by atoms with Crippen LogP contribution in [-0.2, 0) is 32.6 Å². The number of nitrogens with zero attached hydrogens (tertiary/aromatic N) is 4. The van der Waals surface area contributed by atoms with Gasteiger partial charge in [-0.25, -0.2) is 13.2 Å². The van der Waals surface area contributed by atoms with Crippen molar-refractivity contribution in [2.75, 3.05) is 37.7 Å². The van der Waals surface area contributed by atoms with E-state index in [0.29, 0.717) is 12.2 Å². The van der Waals surface area contributed by atoms with E-state index < -0.39 is 22.2 Å². The molecule has 11 nitrogen and oxygen atoms in total. The highest BCUT2D eigenvalue weighted by molar-refractivity contribution is 7.92. The molecule has 12 heteroatoms. The van der Waals surface area contributed by atoms with Crippen molar-refractivity contribution >= 4 is 44.3 Å². The number of carbonyl (C=O) groups excluding carboxylic acids is 3. The highest BCUT2D eigenvalue weighted by Gasteiger charge is 2.52. The molecular formula is C30H34N6O5S. The minimum atomic E-state index is -3.44. The predicted octanol–water partition coefficient (Wildman–Crippen LogP) is 2.38. The van der Waals surface area contributed by atoms with Crippen molar-refractivity contribution in [1.82, 2.24) is 25.1 Å². The van der Waals surface area contributed by atoms with Gasteiger partial charge in [-0.3, -0.25) is 19.3 Å². The predicted molar refractivity (Wildman–Crippen MR) is 160 cm³/mol. The smallest absolute Gasteiger partial charge is 0.332 e. The summed E-state index contributed by atoms with van der Waals surface area (Å²) >= 11 is 0. The van der Waals surface area contributed by atoms with Gasteiger partial charge in [0.25, 0.3) is 0 Å². The molecule has 0 radical (unpaired) electrons. The topological polar surface area (TPSA) is 122 Å². The number of nitrogens with one attached hydrogen (secondary N) is 2. The van der Waals surface area contributed by atoms with Crippen LogP contribution in [0.15, 0.2) is 79.4 Å². The zero-order chi connectivity index (χ0) is 30.0. The van der Waals surface area contributed by atoms with Gasteiger partial charge in [-0.2, -0.15) is 5.01 Å². The summed E-state index contributed by atoms with van der Waals surface area (Å²) < 4.78 is 25.7. The van der Waals surface area contributed by atoms with Crippen molar-refractivity contribution in [3.8, 4) is 0 Å². The lowest BCUT2D eigenvalue weighted by Crippen LogP contribution is -2.65. The van der Waals surface area contributed by atoms with Crippen molar-refractivity contribution in [2.24, 2.45) is 0 Å². The van der Waals surface area contributed by atoms with Gasteiger partial charge in [-0.15, -0.1) is 6.58 Å². The fourth-order valence-corrected chi connectivity index (χ4v) is 6.29. The van der Waals surface area contributed by atoms with Crippen LogP contribution in [0.4, 0.5) is 10.5 Å². The van der Waals surface area contributed by atoms with Crippen LogP contribution >= 0.6 is 0 Å². The first-order valence-electron chi connectivity index (χ1n) is 13.6. The van der Waals surface area contributed by atoms with Crippen molar-refractivity contribution in [3.05, 3.63) is 90.5 Å². The SMILES string of the molecule is C=CCN(C(=O)NC)N1CC(=O)N2[C@@H](Cc3ccc(NS(C)(=O)=O)cc3)C(=O)N(Cc3cccc4ccccc34)C[C@@H]21. The van der Waals surface area contributed by atoms with Gasteiger partial charge in [0.15, 0.2) is 0 Å². The van der Waals surface area contributed by atoms with Crippen molar-refractivity contribution in [1.29, 1.82) is 0 Å². The van der Waals surface area contributed by atoms with E-state index in [1.165, 1.54) is 12.1 Å². The number of piperazine rings is 1. The molecule has 2 atom stereocenters. The molecule has 0 bridgehead atoms. The first-order valence-corrected chi connectivity index (χ1v) is 15.5. The maximum Gasteiger partial charge on any atom is 0.332 e. The minimum absolute atomic E-state index is 0.0605. The van der Waals surface area contributed by atoms with E-state index in [0.717, 1.165) is 28.2 Å². The van der Waals surface area contributed by atoms with Gasteiger partial charge < -0.3 is 15.1 Å². The van der Waals surface area contributed by atoms with E-state index in [2.05, 4.69) is 16.6 Å². The molecule has 3 aromatic rings. The maximum atomic E-state index is 14.1. The molecular weight excluding hydrogens is 556 g/mol.